The molecule has 2 N–H and O–H groups in total. The number of aryl methyl sites for hydroxylation is 1. The molecule has 1 amide bonds. The van der Waals surface area contributed by atoms with Gasteiger partial charge in [0.05, 0.1) is 22.9 Å². The molecule has 0 aliphatic heterocycles. The number of aliphatic hydroxyl groups excluding tert-OH is 1. The molecule has 7 nitrogen and oxygen atoms in total. The van der Waals surface area contributed by atoms with Gasteiger partial charge in [0.1, 0.15) is 6.33 Å². The van der Waals surface area contributed by atoms with E-state index in [1.165, 1.54) is 12.5 Å². The fourth-order valence-corrected chi connectivity index (χ4v) is 1.82. The van der Waals surface area contributed by atoms with Crippen molar-refractivity contribution >= 4 is 11.7 Å². The number of carbonyl (C=O) groups is 1. The standard InChI is InChI=1S/C13H19N5O2/c1-5-10-9(6-14-12-15-7-16-18(10)12)11(20)17-13(3,4)8(2)19/h6-8,19H,5H2,1-4H3,(H,17,20). The third kappa shape index (κ3) is 2.49. The Morgan fingerprint density at radius 2 is 2.20 bits per heavy atom. The second-order valence-electron chi connectivity index (χ2n) is 5.30. The number of aliphatic hydroxyl groups is 1. The Morgan fingerprint density at radius 3 is 2.80 bits per heavy atom. The van der Waals surface area contributed by atoms with Crippen LogP contribution in [0.3, 0.4) is 0 Å². The Kier molecular flexibility index (Phi) is 3.71. The first-order valence-electron chi connectivity index (χ1n) is 6.55. The van der Waals surface area contributed by atoms with Crippen LogP contribution in [0.4, 0.5) is 0 Å². The average molecular weight is 277 g/mol. The molecule has 0 spiro atoms. The Balaban J connectivity index is 2.39. The quantitative estimate of drug-likeness (QED) is 0.852. The fourth-order valence-electron chi connectivity index (χ4n) is 1.82. The Labute approximate surface area is 117 Å². The van der Waals surface area contributed by atoms with Crippen molar-refractivity contribution in [3.63, 3.8) is 0 Å². The second-order valence-corrected chi connectivity index (χ2v) is 5.30. The van der Waals surface area contributed by atoms with E-state index in [1.807, 2.05) is 6.92 Å². The number of rotatable bonds is 4. The lowest BCUT2D eigenvalue weighted by Gasteiger charge is -2.29. The van der Waals surface area contributed by atoms with Gasteiger partial charge in [-0.25, -0.2) is 9.50 Å². The lowest BCUT2D eigenvalue weighted by Crippen LogP contribution is -2.51. The predicted octanol–water partition coefficient (Wildman–Crippen LogP) is 0.576. The van der Waals surface area contributed by atoms with E-state index in [0.717, 1.165) is 5.69 Å². The molecule has 0 aliphatic carbocycles. The van der Waals surface area contributed by atoms with Crippen LogP contribution in [0.1, 0.15) is 43.7 Å². The van der Waals surface area contributed by atoms with Gasteiger partial charge in [0.2, 0.25) is 0 Å². The highest BCUT2D eigenvalue weighted by atomic mass is 16.3. The Morgan fingerprint density at radius 1 is 1.50 bits per heavy atom. The number of fused-ring (bicyclic) bond motifs is 1. The number of aromatic nitrogens is 4. The van der Waals surface area contributed by atoms with Gasteiger partial charge < -0.3 is 10.4 Å². The molecule has 1 unspecified atom stereocenters. The topological polar surface area (TPSA) is 92.4 Å². The van der Waals surface area contributed by atoms with Crippen molar-refractivity contribution < 1.29 is 9.90 Å². The molecule has 0 saturated heterocycles. The minimum Gasteiger partial charge on any atom is -0.391 e. The van der Waals surface area contributed by atoms with E-state index in [9.17, 15) is 9.90 Å². The summed E-state index contributed by atoms with van der Waals surface area (Å²) in [6.07, 6.45) is 2.86. The highest BCUT2D eigenvalue weighted by molar-refractivity contribution is 5.95. The number of nitrogens with zero attached hydrogens (tertiary/aromatic N) is 4. The summed E-state index contributed by atoms with van der Waals surface area (Å²) in [5.74, 6) is 0.186. The molecule has 7 heteroatoms. The van der Waals surface area contributed by atoms with E-state index in [0.29, 0.717) is 17.8 Å². The summed E-state index contributed by atoms with van der Waals surface area (Å²) < 4.78 is 1.56. The van der Waals surface area contributed by atoms with Gasteiger partial charge in [0.25, 0.3) is 11.7 Å². The van der Waals surface area contributed by atoms with Crippen molar-refractivity contribution in [1.82, 2.24) is 24.9 Å². The smallest absolute Gasteiger partial charge is 0.255 e. The van der Waals surface area contributed by atoms with Crippen molar-refractivity contribution in [2.24, 2.45) is 0 Å². The number of amides is 1. The van der Waals surface area contributed by atoms with Crippen molar-refractivity contribution in [2.45, 2.75) is 45.8 Å². The molecule has 2 heterocycles. The number of nitrogens with one attached hydrogen (secondary N) is 1. The van der Waals surface area contributed by atoms with E-state index in [2.05, 4.69) is 20.4 Å². The minimum atomic E-state index is -0.723. The molecule has 1 atom stereocenters. The Bertz CT molecular complexity index is 633. The largest absolute Gasteiger partial charge is 0.391 e. The van der Waals surface area contributed by atoms with Gasteiger partial charge in [-0.15, -0.1) is 0 Å². The van der Waals surface area contributed by atoms with E-state index in [-0.39, 0.29) is 5.91 Å². The van der Waals surface area contributed by atoms with Crippen LogP contribution in [0, 0.1) is 0 Å². The molecular formula is C13H19N5O2. The van der Waals surface area contributed by atoms with Gasteiger partial charge >= 0.3 is 0 Å². The van der Waals surface area contributed by atoms with Crippen LogP contribution in [0.15, 0.2) is 12.5 Å². The molecule has 0 aromatic carbocycles. The van der Waals surface area contributed by atoms with Crippen LogP contribution in [0.25, 0.3) is 5.78 Å². The van der Waals surface area contributed by atoms with Crippen LogP contribution < -0.4 is 5.32 Å². The lowest BCUT2D eigenvalue weighted by atomic mass is 9.98. The number of hydrogen-bond donors (Lipinski definition) is 2. The molecule has 0 saturated carbocycles. The van der Waals surface area contributed by atoms with E-state index in [4.69, 9.17) is 0 Å². The van der Waals surface area contributed by atoms with Gasteiger partial charge in [-0.3, -0.25) is 4.79 Å². The third-order valence-corrected chi connectivity index (χ3v) is 3.47. The van der Waals surface area contributed by atoms with Gasteiger partial charge in [0.15, 0.2) is 0 Å². The van der Waals surface area contributed by atoms with Crippen molar-refractivity contribution in [3.8, 4) is 0 Å². The normalized spacial score (nSPS) is 13.4. The van der Waals surface area contributed by atoms with E-state index < -0.39 is 11.6 Å². The second kappa shape index (κ2) is 5.16. The van der Waals surface area contributed by atoms with Crippen molar-refractivity contribution in [3.05, 3.63) is 23.8 Å². The zero-order valence-corrected chi connectivity index (χ0v) is 12.1. The number of hydrogen-bond acceptors (Lipinski definition) is 5. The first-order valence-corrected chi connectivity index (χ1v) is 6.55. The maximum atomic E-state index is 12.4. The summed E-state index contributed by atoms with van der Waals surface area (Å²) in [5, 5.41) is 16.6. The van der Waals surface area contributed by atoms with Gasteiger partial charge in [-0.2, -0.15) is 10.1 Å². The summed E-state index contributed by atoms with van der Waals surface area (Å²) in [6, 6.07) is 0. The molecule has 0 bridgehead atoms. The molecule has 20 heavy (non-hydrogen) atoms. The average Bonchev–Trinajstić information content (AvgIpc) is 2.84. The zero-order chi connectivity index (χ0) is 14.9. The van der Waals surface area contributed by atoms with E-state index in [1.54, 1.807) is 25.3 Å². The van der Waals surface area contributed by atoms with E-state index >= 15 is 0 Å². The van der Waals surface area contributed by atoms with Crippen LogP contribution >= 0.6 is 0 Å². The predicted molar refractivity (Wildman–Crippen MR) is 73.4 cm³/mol. The van der Waals surface area contributed by atoms with Crippen molar-refractivity contribution in [1.29, 1.82) is 0 Å². The summed E-state index contributed by atoms with van der Waals surface area (Å²) in [6.45, 7) is 7.11. The molecule has 2 rings (SSSR count). The maximum absolute atomic E-state index is 12.4. The summed E-state index contributed by atoms with van der Waals surface area (Å²) in [4.78, 5) is 20.5. The van der Waals surface area contributed by atoms with Crippen LogP contribution in [0.5, 0.6) is 0 Å². The summed E-state index contributed by atoms with van der Waals surface area (Å²) in [5.41, 5.74) is 0.463. The molecule has 2 aromatic heterocycles. The van der Waals surface area contributed by atoms with Crippen LogP contribution in [0.2, 0.25) is 0 Å². The lowest BCUT2D eigenvalue weighted by molar-refractivity contribution is 0.0708. The SMILES string of the molecule is CCc1c(C(=O)NC(C)(C)C(C)O)cnc2ncnn12. The monoisotopic (exact) mass is 277 g/mol. The van der Waals surface area contributed by atoms with Gasteiger partial charge in [-0.1, -0.05) is 6.92 Å². The first kappa shape index (κ1) is 14.4. The molecular weight excluding hydrogens is 258 g/mol. The summed E-state index contributed by atoms with van der Waals surface area (Å²) in [7, 11) is 0. The van der Waals surface area contributed by atoms with Gasteiger partial charge in [0, 0.05) is 6.20 Å². The molecule has 0 fully saturated rings. The first-order chi connectivity index (χ1) is 9.36. The van der Waals surface area contributed by atoms with Crippen LogP contribution in [-0.4, -0.2) is 42.2 Å². The minimum absolute atomic E-state index is 0.280. The fraction of sp³-hybridized carbons (Fsp3) is 0.538. The Hall–Kier alpha value is -2.02. The molecule has 0 aliphatic rings. The highest BCUT2D eigenvalue weighted by Gasteiger charge is 2.28. The van der Waals surface area contributed by atoms with Gasteiger partial charge in [-0.05, 0) is 27.2 Å². The van der Waals surface area contributed by atoms with Crippen molar-refractivity contribution in [2.75, 3.05) is 0 Å². The van der Waals surface area contributed by atoms with Crippen LogP contribution in [-0.2, 0) is 6.42 Å². The highest BCUT2D eigenvalue weighted by Crippen LogP contribution is 2.14. The summed E-state index contributed by atoms with van der Waals surface area (Å²) >= 11 is 0. The zero-order valence-electron chi connectivity index (χ0n) is 12.1. The molecule has 108 valence electrons. The molecule has 2 aromatic rings. The molecule has 0 radical (unpaired) electrons. The maximum Gasteiger partial charge on any atom is 0.255 e. The number of carbonyl (C=O) groups excluding carboxylic acids is 1. The third-order valence-electron chi connectivity index (χ3n) is 3.47.